The minimum Gasteiger partial charge on any atom is -0.325 e. The number of hydrogen-bond acceptors (Lipinski definition) is 2. The summed E-state index contributed by atoms with van der Waals surface area (Å²) in [5.74, 6) is 0. The minimum atomic E-state index is -0.201. The van der Waals surface area contributed by atoms with Crippen LogP contribution in [0.15, 0.2) is 30.3 Å². The van der Waals surface area contributed by atoms with E-state index in [1.807, 2.05) is 43.3 Å². The summed E-state index contributed by atoms with van der Waals surface area (Å²) in [7, 11) is 0. The fourth-order valence-corrected chi connectivity index (χ4v) is 1.36. The summed E-state index contributed by atoms with van der Waals surface area (Å²) in [5, 5.41) is 10.9. The Balaban J connectivity index is 2.56. The molecule has 0 atom stereocenters. The van der Waals surface area contributed by atoms with Crippen molar-refractivity contribution in [2.24, 2.45) is 0 Å². The average molecular weight is 217 g/mol. The summed E-state index contributed by atoms with van der Waals surface area (Å²) in [6.07, 6.45) is 0. The summed E-state index contributed by atoms with van der Waals surface area (Å²) in [4.78, 5) is 13.3. The number of amides is 2. The Morgan fingerprint density at radius 1 is 1.44 bits per heavy atom. The molecule has 0 heterocycles. The van der Waals surface area contributed by atoms with E-state index < -0.39 is 0 Å². The second-order valence-electron chi connectivity index (χ2n) is 3.32. The summed E-state index contributed by atoms with van der Waals surface area (Å²) in [5.41, 5.74) is 1.08. The van der Waals surface area contributed by atoms with Gasteiger partial charge in [-0.3, -0.25) is 0 Å². The summed E-state index contributed by atoms with van der Waals surface area (Å²) < 4.78 is 0. The largest absolute Gasteiger partial charge is 0.325 e. The lowest BCUT2D eigenvalue weighted by Crippen LogP contribution is -2.39. The first-order valence-corrected chi connectivity index (χ1v) is 5.21. The van der Waals surface area contributed by atoms with Crippen LogP contribution in [0.3, 0.4) is 0 Å². The lowest BCUT2D eigenvalue weighted by Gasteiger charge is -2.20. The van der Waals surface area contributed by atoms with Gasteiger partial charge in [-0.1, -0.05) is 30.3 Å². The average Bonchev–Trinajstić information content (AvgIpc) is 2.34. The second kappa shape index (κ2) is 6.46. The van der Waals surface area contributed by atoms with Crippen LogP contribution in [0.1, 0.15) is 12.5 Å². The summed E-state index contributed by atoms with van der Waals surface area (Å²) in [6.45, 7) is 3.14. The molecule has 0 fully saturated rings. The topological polar surface area (TPSA) is 56.1 Å². The van der Waals surface area contributed by atoms with E-state index >= 15 is 0 Å². The van der Waals surface area contributed by atoms with Crippen molar-refractivity contribution in [2.75, 3.05) is 13.1 Å². The molecule has 1 aromatic rings. The van der Waals surface area contributed by atoms with Crippen LogP contribution < -0.4 is 5.32 Å². The monoisotopic (exact) mass is 217 g/mol. The highest BCUT2D eigenvalue weighted by molar-refractivity contribution is 5.74. The van der Waals surface area contributed by atoms with Crippen molar-refractivity contribution in [3.05, 3.63) is 35.9 Å². The number of hydrogen-bond donors (Lipinski definition) is 1. The van der Waals surface area contributed by atoms with Crippen molar-refractivity contribution in [3.8, 4) is 6.07 Å². The molecular weight excluding hydrogens is 202 g/mol. The highest BCUT2D eigenvalue weighted by atomic mass is 16.2. The molecule has 0 aliphatic rings. The highest BCUT2D eigenvalue weighted by Crippen LogP contribution is 2.03. The van der Waals surface area contributed by atoms with Crippen LogP contribution in [0.5, 0.6) is 0 Å². The molecule has 0 spiro atoms. The molecule has 0 aliphatic heterocycles. The minimum absolute atomic E-state index is 0.0458. The van der Waals surface area contributed by atoms with E-state index in [9.17, 15) is 4.79 Å². The fourth-order valence-electron chi connectivity index (χ4n) is 1.36. The molecule has 4 nitrogen and oxygen atoms in total. The molecule has 1 aromatic carbocycles. The molecule has 1 N–H and O–H groups in total. The molecule has 0 bridgehead atoms. The van der Waals surface area contributed by atoms with E-state index in [1.54, 1.807) is 4.90 Å². The second-order valence-corrected chi connectivity index (χ2v) is 3.32. The van der Waals surface area contributed by atoms with Gasteiger partial charge in [-0.2, -0.15) is 5.26 Å². The molecular formula is C12H15N3O. The van der Waals surface area contributed by atoms with Gasteiger partial charge in [0, 0.05) is 13.1 Å². The van der Waals surface area contributed by atoms with Gasteiger partial charge in [-0.05, 0) is 12.5 Å². The number of carbonyl (C=O) groups excluding carboxylic acids is 1. The van der Waals surface area contributed by atoms with Gasteiger partial charge in [0.15, 0.2) is 0 Å². The third kappa shape index (κ3) is 3.62. The lowest BCUT2D eigenvalue weighted by molar-refractivity contribution is 0.199. The maximum atomic E-state index is 11.6. The van der Waals surface area contributed by atoms with Crippen molar-refractivity contribution in [1.82, 2.24) is 10.2 Å². The van der Waals surface area contributed by atoms with Crippen molar-refractivity contribution < 1.29 is 4.79 Å². The molecule has 0 unspecified atom stereocenters. The van der Waals surface area contributed by atoms with Gasteiger partial charge < -0.3 is 10.2 Å². The zero-order valence-electron chi connectivity index (χ0n) is 9.31. The Kier molecular flexibility index (Phi) is 4.87. The zero-order valence-corrected chi connectivity index (χ0v) is 9.31. The standard InChI is InChI=1S/C12H15N3O/c1-2-15(12(16)14-9-8-13)10-11-6-4-3-5-7-11/h3-7H,2,9-10H2,1H3,(H,14,16). The number of carbonyl (C=O) groups is 1. The molecule has 0 saturated heterocycles. The van der Waals surface area contributed by atoms with Crippen molar-refractivity contribution >= 4 is 6.03 Å². The molecule has 2 amide bonds. The normalized spacial score (nSPS) is 9.25. The van der Waals surface area contributed by atoms with Crippen molar-refractivity contribution in [3.63, 3.8) is 0 Å². The van der Waals surface area contributed by atoms with Crippen LogP contribution in [0, 0.1) is 11.3 Å². The smallest absolute Gasteiger partial charge is 0.318 e. The molecule has 16 heavy (non-hydrogen) atoms. The third-order valence-corrected chi connectivity index (χ3v) is 2.20. The van der Waals surface area contributed by atoms with Crippen LogP contribution in [0.2, 0.25) is 0 Å². The van der Waals surface area contributed by atoms with E-state index in [2.05, 4.69) is 5.32 Å². The number of urea groups is 1. The Morgan fingerprint density at radius 3 is 2.69 bits per heavy atom. The highest BCUT2D eigenvalue weighted by Gasteiger charge is 2.10. The molecule has 4 heteroatoms. The lowest BCUT2D eigenvalue weighted by atomic mass is 10.2. The number of benzene rings is 1. The van der Waals surface area contributed by atoms with Gasteiger partial charge in [-0.25, -0.2) is 4.79 Å². The first-order chi connectivity index (χ1) is 7.77. The van der Waals surface area contributed by atoms with Crippen LogP contribution in [0.25, 0.3) is 0 Å². The maximum absolute atomic E-state index is 11.6. The van der Waals surface area contributed by atoms with E-state index in [1.165, 1.54) is 0 Å². The quantitative estimate of drug-likeness (QED) is 0.781. The predicted molar refractivity (Wildman–Crippen MR) is 61.5 cm³/mol. The van der Waals surface area contributed by atoms with Crippen molar-refractivity contribution in [2.45, 2.75) is 13.5 Å². The van der Waals surface area contributed by atoms with Gasteiger partial charge in [-0.15, -0.1) is 0 Å². The predicted octanol–water partition coefficient (Wildman–Crippen LogP) is 1.74. The van der Waals surface area contributed by atoms with Gasteiger partial charge in [0.25, 0.3) is 0 Å². The molecule has 0 aromatic heterocycles. The Labute approximate surface area is 95.5 Å². The van der Waals surface area contributed by atoms with Crippen molar-refractivity contribution in [1.29, 1.82) is 5.26 Å². The van der Waals surface area contributed by atoms with Gasteiger partial charge >= 0.3 is 6.03 Å². The van der Waals surface area contributed by atoms with Crippen LogP contribution in [0.4, 0.5) is 4.79 Å². The fraction of sp³-hybridized carbons (Fsp3) is 0.333. The first-order valence-electron chi connectivity index (χ1n) is 5.21. The Bertz CT molecular complexity index is 370. The SMILES string of the molecule is CCN(Cc1ccccc1)C(=O)NCC#N. The van der Waals surface area contributed by atoms with Crippen LogP contribution >= 0.6 is 0 Å². The molecule has 0 aliphatic carbocycles. The molecule has 1 rings (SSSR count). The van der Waals surface area contributed by atoms with Gasteiger partial charge in [0.1, 0.15) is 6.54 Å². The Morgan fingerprint density at radius 2 is 2.12 bits per heavy atom. The van der Waals surface area contributed by atoms with E-state index in [-0.39, 0.29) is 12.6 Å². The van der Waals surface area contributed by atoms with Crippen LogP contribution in [-0.4, -0.2) is 24.0 Å². The first kappa shape index (κ1) is 12.1. The maximum Gasteiger partial charge on any atom is 0.318 e. The van der Waals surface area contributed by atoms with Crippen LogP contribution in [-0.2, 0) is 6.54 Å². The zero-order chi connectivity index (χ0) is 11.8. The third-order valence-electron chi connectivity index (χ3n) is 2.20. The Hall–Kier alpha value is -2.02. The number of nitrogens with zero attached hydrogens (tertiary/aromatic N) is 2. The van der Waals surface area contributed by atoms with Gasteiger partial charge in [0.05, 0.1) is 6.07 Å². The molecule has 0 radical (unpaired) electrons. The summed E-state index contributed by atoms with van der Waals surface area (Å²) >= 11 is 0. The molecule has 84 valence electrons. The van der Waals surface area contributed by atoms with E-state index in [0.29, 0.717) is 13.1 Å². The van der Waals surface area contributed by atoms with Gasteiger partial charge in [0.2, 0.25) is 0 Å². The van der Waals surface area contributed by atoms with E-state index in [4.69, 9.17) is 5.26 Å². The van der Waals surface area contributed by atoms with E-state index in [0.717, 1.165) is 5.56 Å². The summed E-state index contributed by atoms with van der Waals surface area (Å²) in [6, 6.07) is 11.4. The number of rotatable bonds is 4. The molecule has 0 saturated carbocycles. The number of nitrogens with one attached hydrogen (secondary N) is 1. The number of nitriles is 1.